The van der Waals surface area contributed by atoms with Crippen LogP contribution >= 0.6 is 0 Å². The molecular weight excluding hydrogens is 508 g/mol. The fourth-order valence-electron chi connectivity index (χ4n) is 5.91. The normalized spacial score (nSPS) is 22.8. The second-order valence-electron chi connectivity index (χ2n) is 10.6. The van der Waals surface area contributed by atoms with Gasteiger partial charge in [-0.05, 0) is 51.1 Å². The molecule has 2 saturated heterocycles. The molecule has 11 heteroatoms. The van der Waals surface area contributed by atoms with Gasteiger partial charge >= 0.3 is 6.01 Å². The van der Waals surface area contributed by atoms with Gasteiger partial charge in [0.25, 0.3) is 0 Å². The van der Waals surface area contributed by atoms with E-state index in [1.165, 1.54) is 4.90 Å². The maximum absolute atomic E-state index is 12.5. The molecule has 2 fully saturated rings. The van der Waals surface area contributed by atoms with Crippen LogP contribution in [0.15, 0.2) is 36.9 Å². The Kier molecular flexibility index (Phi) is 7.88. The molecule has 40 heavy (non-hydrogen) atoms. The summed E-state index contributed by atoms with van der Waals surface area (Å²) >= 11 is 0. The minimum Gasteiger partial charge on any atom is -0.462 e. The number of rotatable bonds is 7. The Morgan fingerprint density at radius 1 is 1.23 bits per heavy atom. The number of nitriles is 2. The highest BCUT2D eigenvalue weighted by atomic mass is 16.5. The molecule has 4 heterocycles. The van der Waals surface area contributed by atoms with Crippen LogP contribution in [0.25, 0.3) is 0 Å². The second kappa shape index (κ2) is 11.5. The fourth-order valence-corrected chi connectivity index (χ4v) is 5.91. The monoisotopic (exact) mass is 542 g/mol. The lowest BCUT2D eigenvalue weighted by atomic mass is 10.0. The molecule has 1 amide bonds. The maximum Gasteiger partial charge on any atom is 0.318 e. The average Bonchev–Trinajstić information content (AvgIpc) is 3.39. The molecule has 0 unspecified atom stereocenters. The molecule has 0 spiro atoms. The highest BCUT2D eigenvalue weighted by Gasteiger charge is 2.43. The van der Waals surface area contributed by atoms with Crippen molar-refractivity contribution in [2.45, 2.75) is 44.0 Å². The van der Waals surface area contributed by atoms with Crippen LogP contribution in [0.1, 0.15) is 36.1 Å². The van der Waals surface area contributed by atoms with Crippen molar-refractivity contribution < 1.29 is 14.6 Å². The SMILES string of the molecule is C=CC(=O)N1CCN(c2nc(OC[C@@H]3CCCN3C)nc3c2CCN(c2ccccc2C#N)C3)C[C@@]1(O)CC#N. The molecule has 1 aromatic heterocycles. The first-order valence-electron chi connectivity index (χ1n) is 13.6. The summed E-state index contributed by atoms with van der Waals surface area (Å²) in [7, 11) is 2.09. The minimum absolute atomic E-state index is 0.0232. The van der Waals surface area contributed by atoms with Crippen molar-refractivity contribution in [3.8, 4) is 18.1 Å². The molecule has 5 rings (SSSR count). The zero-order valence-electron chi connectivity index (χ0n) is 22.8. The van der Waals surface area contributed by atoms with Crippen LogP contribution in [0.5, 0.6) is 6.01 Å². The van der Waals surface area contributed by atoms with E-state index in [2.05, 4.69) is 29.5 Å². The van der Waals surface area contributed by atoms with Gasteiger partial charge in [-0.2, -0.15) is 20.5 Å². The number of nitrogens with zero attached hydrogens (tertiary/aromatic N) is 8. The number of fused-ring (bicyclic) bond motifs is 1. The number of hydrogen-bond donors (Lipinski definition) is 1. The van der Waals surface area contributed by atoms with Crippen LogP contribution in [0.3, 0.4) is 0 Å². The Bertz CT molecular complexity index is 1370. The van der Waals surface area contributed by atoms with Gasteiger partial charge in [-0.15, -0.1) is 0 Å². The Morgan fingerprint density at radius 2 is 2.05 bits per heavy atom. The van der Waals surface area contributed by atoms with Crippen molar-refractivity contribution in [2.24, 2.45) is 0 Å². The average molecular weight is 543 g/mol. The molecule has 0 aliphatic carbocycles. The fraction of sp³-hybridized carbons (Fsp3) is 0.483. The number of anilines is 2. The summed E-state index contributed by atoms with van der Waals surface area (Å²) in [5.41, 5.74) is 1.51. The predicted octanol–water partition coefficient (Wildman–Crippen LogP) is 1.82. The number of para-hydroxylation sites is 1. The molecule has 0 bridgehead atoms. The predicted molar refractivity (Wildman–Crippen MR) is 148 cm³/mol. The molecule has 1 aromatic carbocycles. The van der Waals surface area contributed by atoms with Crippen LogP contribution in [-0.2, 0) is 17.8 Å². The van der Waals surface area contributed by atoms with Crippen LogP contribution in [0.2, 0.25) is 0 Å². The van der Waals surface area contributed by atoms with E-state index in [0.717, 1.165) is 42.4 Å². The topological polar surface area (TPSA) is 133 Å². The quantitative estimate of drug-likeness (QED) is 0.517. The van der Waals surface area contributed by atoms with Crippen LogP contribution in [-0.4, -0.2) is 88.9 Å². The third-order valence-corrected chi connectivity index (χ3v) is 8.11. The zero-order chi connectivity index (χ0) is 28.3. The first-order valence-corrected chi connectivity index (χ1v) is 13.6. The molecular formula is C29H34N8O3. The van der Waals surface area contributed by atoms with E-state index >= 15 is 0 Å². The van der Waals surface area contributed by atoms with E-state index in [0.29, 0.717) is 44.0 Å². The highest BCUT2D eigenvalue weighted by Crippen LogP contribution is 2.34. The van der Waals surface area contributed by atoms with Gasteiger partial charge < -0.3 is 29.4 Å². The van der Waals surface area contributed by atoms with Gasteiger partial charge in [0.1, 0.15) is 18.5 Å². The van der Waals surface area contributed by atoms with E-state index < -0.39 is 11.6 Å². The van der Waals surface area contributed by atoms with Gasteiger partial charge in [0.2, 0.25) is 5.91 Å². The number of ether oxygens (including phenoxy) is 1. The van der Waals surface area contributed by atoms with Gasteiger partial charge in [-0.25, -0.2) is 0 Å². The van der Waals surface area contributed by atoms with Crippen molar-refractivity contribution in [2.75, 3.05) is 56.2 Å². The van der Waals surface area contributed by atoms with E-state index in [1.807, 2.05) is 35.2 Å². The highest BCUT2D eigenvalue weighted by molar-refractivity contribution is 5.87. The van der Waals surface area contributed by atoms with E-state index in [-0.39, 0.29) is 31.6 Å². The summed E-state index contributed by atoms with van der Waals surface area (Å²) in [6, 6.07) is 12.4. The molecule has 2 atom stereocenters. The smallest absolute Gasteiger partial charge is 0.318 e. The number of aliphatic hydroxyl groups is 1. The molecule has 3 aliphatic rings. The third kappa shape index (κ3) is 5.31. The summed E-state index contributed by atoms with van der Waals surface area (Å²) < 4.78 is 6.17. The minimum atomic E-state index is -1.68. The van der Waals surface area contributed by atoms with E-state index in [9.17, 15) is 20.4 Å². The van der Waals surface area contributed by atoms with E-state index in [4.69, 9.17) is 14.7 Å². The van der Waals surface area contributed by atoms with E-state index in [1.54, 1.807) is 0 Å². The maximum atomic E-state index is 12.5. The van der Waals surface area contributed by atoms with Crippen LogP contribution in [0, 0.1) is 22.7 Å². The zero-order valence-corrected chi connectivity index (χ0v) is 22.8. The summed E-state index contributed by atoms with van der Waals surface area (Å²) in [5.74, 6) is 0.230. The Morgan fingerprint density at radius 3 is 2.77 bits per heavy atom. The number of aromatic nitrogens is 2. The standard InChI is InChI=1S/C29H34N8O3/c1-3-26(38)37-16-15-36(20-29(37,39)11-12-30)27-23-10-14-35(25-9-5-4-7-21(25)17-31)18-24(23)32-28(33-27)40-19-22-8-6-13-34(22)2/h3-5,7,9,22,39H,1,6,8,10-11,13-16,18-20H2,2H3/t22-,29-/m0/s1. The van der Waals surface area contributed by atoms with Gasteiger partial charge in [0, 0.05) is 31.2 Å². The Balaban J connectivity index is 1.49. The van der Waals surface area contributed by atoms with Crippen LogP contribution in [0.4, 0.5) is 11.5 Å². The number of β-amino-alcohol motifs (C(OH)–C–C–N with tert-alkyl or cyclic N) is 1. The number of amides is 1. The number of carbonyl (C=O) groups excluding carboxylic acids is 1. The Labute approximate surface area is 234 Å². The lowest BCUT2D eigenvalue weighted by molar-refractivity contribution is -0.155. The summed E-state index contributed by atoms with van der Waals surface area (Å²) in [4.78, 5) is 29.8. The Hall–Kier alpha value is -4.19. The number of hydrogen-bond acceptors (Lipinski definition) is 10. The number of likely N-dealkylation sites (N-methyl/N-ethyl adjacent to an activating group) is 1. The van der Waals surface area contributed by atoms with Crippen molar-refractivity contribution in [1.82, 2.24) is 19.8 Å². The molecule has 2 aromatic rings. The number of carbonyl (C=O) groups is 1. The molecule has 208 valence electrons. The number of piperazine rings is 1. The first kappa shape index (κ1) is 27.4. The lowest BCUT2D eigenvalue weighted by Crippen LogP contribution is -2.64. The number of benzene rings is 1. The van der Waals surface area contributed by atoms with Crippen molar-refractivity contribution in [1.29, 1.82) is 10.5 Å². The molecule has 11 nitrogen and oxygen atoms in total. The van der Waals surface area contributed by atoms with Gasteiger partial charge in [0.05, 0.1) is 42.5 Å². The lowest BCUT2D eigenvalue weighted by Gasteiger charge is -2.47. The number of likely N-dealkylation sites (tertiary alicyclic amines) is 1. The molecule has 0 saturated carbocycles. The largest absolute Gasteiger partial charge is 0.462 e. The summed E-state index contributed by atoms with van der Waals surface area (Å²) in [6.07, 6.45) is 3.71. The van der Waals surface area contributed by atoms with Gasteiger partial charge in [-0.3, -0.25) is 4.79 Å². The third-order valence-electron chi connectivity index (χ3n) is 8.11. The van der Waals surface area contributed by atoms with Crippen molar-refractivity contribution in [3.63, 3.8) is 0 Å². The summed E-state index contributed by atoms with van der Waals surface area (Å²) in [6.45, 7) is 6.83. The first-order chi connectivity index (χ1) is 19.4. The van der Waals surface area contributed by atoms with Crippen molar-refractivity contribution >= 4 is 17.4 Å². The molecule has 3 aliphatic heterocycles. The second-order valence-corrected chi connectivity index (χ2v) is 10.6. The molecule has 1 N–H and O–H groups in total. The van der Waals surface area contributed by atoms with Gasteiger partial charge in [0.15, 0.2) is 5.72 Å². The van der Waals surface area contributed by atoms with Crippen molar-refractivity contribution in [3.05, 3.63) is 53.7 Å². The van der Waals surface area contributed by atoms with Crippen LogP contribution < -0.4 is 14.5 Å². The summed E-state index contributed by atoms with van der Waals surface area (Å²) in [5, 5.41) is 30.5. The van der Waals surface area contributed by atoms with Gasteiger partial charge in [-0.1, -0.05) is 18.7 Å². The molecule has 0 radical (unpaired) electrons.